The van der Waals surface area contributed by atoms with Crippen LogP contribution in [-0.4, -0.2) is 26.8 Å². The fourth-order valence-electron chi connectivity index (χ4n) is 3.89. The van der Waals surface area contributed by atoms with E-state index in [1.54, 1.807) is 19.5 Å². The lowest BCUT2D eigenvalue weighted by Gasteiger charge is -2.11. The lowest BCUT2D eigenvalue weighted by Crippen LogP contribution is -1.95. The van der Waals surface area contributed by atoms with Gasteiger partial charge in [-0.1, -0.05) is 5.16 Å². The van der Waals surface area contributed by atoms with Crippen molar-refractivity contribution in [3.05, 3.63) is 66.6 Å². The molecule has 6 heteroatoms. The number of aromatic nitrogens is 4. The predicted octanol–water partition coefficient (Wildman–Crippen LogP) is 4.85. The van der Waals surface area contributed by atoms with Crippen molar-refractivity contribution in [3.63, 3.8) is 0 Å². The molecule has 0 unspecified atom stereocenters. The number of hydrogen-bond donors (Lipinski definition) is 0. The Morgan fingerprint density at radius 3 is 2.43 bits per heavy atom. The molecule has 5 rings (SSSR count). The molecule has 0 saturated carbocycles. The van der Waals surface area contributed by atoms with Crippen LogP contribution in [0.5, 0.6) is 5.75 Å². The minimum absolute atomic E-state index is 0.767. The number of rotatable bonds is 3. The summed E-state index contributed by atoms with van der Waals surface area (Å²) in [6, 6.07) is 10.2. The van der Waals surface area contributed by atoms with Gasteiger partial charge in [-0.05, 0) is 44.2 Å². The number of aryl methyl sites for hydroxylation is 2. The van der Waals surface area contributed by atoms with Crippen LogP contribution in [0.15, 0.2) is 59.6 Å². The van der Waals surface area contributed by atoms with Gasteiger partial charge in [0.2, 0.25) is 0 Å². The van der Waals surface area contributed by atoms with Crippen LogP contribution in [0, 0.1) is 13.8 Å². The highest BCUT2D eigenvalue weighted by atomic mass is 16.5. The third-order valence-corrected chi connectivity index (χ3v) is 5.11. The molecule has 0 radical (unpaired) electrons. The average molecular weight is 370 g/mol. The van der Waals surface area contributed by atoms with Crippen LogP contribution in [0.1, 0.15) is 11.5 Å². The van der Waals surface area contributed by atoms with Gasteiger partial charge in [0.15, 0.2) is 0 Å². The van der Waals surface area contributed by atoms with Crippen molar-refractivity contribution in [2.45, 2.75) is 13.8 Å². The van der Waals surface area contributed by atoms with Crippen molar-refractivity contribution in [1.82, 2.24) is 19.7 Å². The van der Waals surface area contributed by atoms with Gasteiger partial charge in [0.1, 0.15) is 11.5 Å². The van der Waals surface area contributed by atoms with E-state index in [4.69, 9.17) is 9.26 Å². The average Bonchev–Trinajstić information content (AvgIpc) is 3.23. The standard InChI is InChI=1S/C22H18N4O2/c1-13-22(14(2)28-25-13)17-10-20-16(11-21(17)27-3)18-12-24-9-6-19(18)26(20)15-4-7-23-8-5-15/h4-12H,1-3H3. The molecule has 0 saturated heterocycles. The molecule has 5 aromatic rings. The van der Waals surface area contributed by atoms with E-state index < -0.39 is 0 Å². The van der Waals surface area contributed by atoms with E-state index in [1.807, 2.05) is 44.4 Å². The van der Waals surface area contributed by atoms with Crippen LogP contribution in [0.2, 0.25) is 0 Å². The summed E-state index contributed by atoms with van der Waals surface area (Å²) in [5, 5.41) is 6.26. The second-order valence-corrected chi connectivity index (χ2v) is 6.70. The molecular formula is C22H18N4O2. The highest BCUT2D eigenvalue weighted by molar-refractivity contribution is 6.10. The molecule has 0 bridgehead atoms. The fourth-order valence-corrected chi connectivity index (χ4v) is 3.89. The largest absolute Gasteiger partial charge is 0.496 e. The summed E-state index contributed by atoms with van der Waals surface area (Å²) in [4.78, 5) is 8.49. The summed E-state index contributed by atoms with van der Waals surface area (Å²) in [6.07, 6.45) is 7.30. The topological polar surface area (TPSA) is 66.0 Å². The molecule has 28 heavy (non-hydrogen) atoms. The number of benzene rings is 1. The van der Waals surface area contributed by atoms with E-state index >= 15 is 0 Å². The Balaban J connectivity index is 1.95. The smallest absolute Gasteiger partial charge is 0.141 e. The van der Waals surface area contributed by atoms with Crippen molar-refractivity contribution < 1.29 is 9.26 Å². The molecule has 0 N–H and O–H groups in total. The van der Waals surface area contributed by atoms with Crippen molar-refractivity contribution in [2.75, 3.05) is 7.11 Å². The quantitative estimate of drug-likeness (QED) is 0.454. The number of ether oxygens (including phenoxy) is 1. The summed E-state index contributed by atoms with van der Waals surface area (Å²) >= 11 is 0. The van der Waals surface area contributed by atoms with Crippen LogP contribution >= 0.6 is 0 Å². The van der Waals surface area contributed by atoms with Crippen molar-refractivity contribution in [3.8, 4) is 22.6 Å². The van der Waals surface area contributed by atoms with Gasteiger partial charge < -0.3 is 13.8 Å². The minimum atomic E-state index is 0.767. The molecule has 0 aliphatic rings. The normalized spacial score (nSPS) is 11.4. The molecule has 4 heterocycles. The van der Waals surface area contributed by atoms with E-state index in [0.29, 0.717) is 0 Å². The van der Waals surface area contributed by atoms with Gasteiger partial charge in [-0.25, -0.2) is 0 Å². The van der Waals surface area contributed by atoms with Crippen LogP contribution in [0.4, 0.5) is 0 Å². The summed E-state index contributed by atoms with van der Waals surface area (Å²) in [6.45, 7) is 3.86. The van der Waals surface area contributed by atoms with E-state index in [1.165, 1.54) is 0 Å². The first kappa shape index (κ1) is 16.5. The van der Waals surface area contributed by atoms with Crippen molar-refractivity contribution in [2.24, 2.45) is 0 Å². The molecule has 138 valence electrons. The zero-order chi connectivity index (χ0) is 19.3. The first-order chi connectivity index (χ1) is 13.7. The number of fused-ring (bicyclic) bond motifs is 3. The molecular weight excluding hydrogens is 352 g/mol. The Bertz CT molecular complexity index is 1300. The lowest BCUT2D eigenvalue weighted by atomic mass is 10.0. The monoisotopic (exact) mass is 370 g/mol. The number of hydrogen-bond acceptors (Lipinski definition) is 5. The Kier molecular flexibility index (Phi) is 3.65. The number of pyridine rings is 2. The van der Waals surface area contributed by atoms with E-state index in [2.05, 4.69) is 31.8 Å². The predicted molar refractivity (Wildman–Crippen MR) is 108 cm³/mol. The first-order valence-electron chi connectivity index (χ1n) is 8.99. The maximum atomic E-state index is 5.74. The summed E-state index contributed by atoms with van der Waals surface area (Å²) in [7, 11) is 1.68. The SMILES string of the molecule is COc1cc2c3cnccc3n(-c3ccncc3)c2cc1-c1c(C)noc1C. The molecule has 0 amide bonds. The van der Waals surface area contributed by atoms with E-state index in [9.17, 15) is 0 Å². The van der Waals surface area contributed by atoms with E-state index in [0.717, 1.165) is 55.8 Å². The van der Waals surface area contributed by atoms with Gasteiger partial charge in [0.05, 0.1) is 29.4 Å². The molecule has 0 atom stereocenters. The third kappa shape index (κ3) is 2.31. The maximum Gasteiger partial charge on any atom is 0.141 e. The Hall–Kier alpha value is -3.67. The van der Waals surface area contributed by atoms with Crippen LogP contribution in [0.3, 0.4) is 0 Å². The van der Waals surface area contributed by atoms with Crippen LogP contribution < -0.4 is 4.74 Å². The first-order valence-corrected chi connectivity index (χ1v) is 8.99. The number of nitrogens with zero attached hydrogens (tertiary/aromatic N) is 4. The molecule has 1 aromatic carbocycles. The minimum Gasteiger partial charge on any atom is -0.496 e. The Morgan fingerprint density at radius 2 is 1.71 bits per heavy atom. The Morgan fingerprint density at radius 1 is 0.929 bits per heavy atom. The van der Waals surface area contributed by atoms with Gasteiger partial charge >= 0.3 is 0 Å². The molecule has 6 nitrogen and oxygen atoms in total. The zero-order valence-corrected chi connectivity index (χ0v) is 15.8. The molecule has 4 aromatic heterocycles. The van der Waals surface area contributed by atoms with Crippen molar-refractivity contribution >= 4 is 21.8 Å². The number of methoxy groups -OCH3 is 1. The maximum absolute atomic E-state index is 5.74. The molecule has 0 spiro atoms. The second kappa shape index (κ2) is 6.20. The molecule has 0 aliphatic heterocycles. The van der Waals surface area contributed by atoms with Gasteiger partial charge in [-0.15, -0.1) is 0 Å². The zero-order valence-electron chi connectivity index (χ0n) is 15.8. The van der Waals surface area contributed by atoms with Gasteiger partial charge in [0.25, 0.3) is 0 Å². The van der Waals surface area contributed by atoms with Gasteiger partial charge in [-0.2, -0.15) is 0 Å². The summed E-state index contributed by atoms with van der Waals surface area (Å²) in [5.41, 5.74) is 5.93. The highest BCUT2D eigenvalue weighted by Gasteiger charge is 2.20. The highest BCUT2D eigenvalue weighted by Crippen LogP contribution is 2.41. The van der Waals surface area contributed by atoms with Crippen LogP contribution in [0.25, 0.3) is 38.6 Å². The van der Waals surface area contributed by atoms with E-state index in [-0.39, 0.29) is 0 Å². The summed E-state index contributed by atoms with van der Waals surface area (Å²) in [5.74, 6) is 1.54. The third-order valence-electron chi connectivity index (χ3n) is 5.11. The molecule has 0 aliphatic carbocycles. The van der Waals surface area contributed by atoms with Gasteiger partial charge in [-0.3, -0.25) is 9.97 Å². The Labute approximate surface area is 161 Å². The summed E-state index contributed by atoms with van der Waals surface area (Å²) < 4.78 is 13.4. The fraction of sp³-hybridized carbons (Fsp3) is 0.136. The molecule has 0 fully saturated rings. The lowest BCUT2D eigenvalue weighted by molar-refractivity contribution is 0.393. The van der Waals surface area contributed by atoms with Gasteiger partial charge in [0, 0.05) is 46.8 Å². The van der Waals surface area contributed by atoms with Crippen molar-refractivity contribution in [1.29, 1.82) is 0 Å². The second-order valence-electron chi connectivity index (χ2n) is 6.70. The van der Waals surface area contributed by atoms with Crippen LogP contribution in [-0.2, 0) is 0 Å².